The minimum absolute atomic E-state index is 0.0135. The lowest BCUT2D eigenvalue weighted by molar-refractivity contribution is -0.324. The normalized spacial score (nSPS) is 37.5. The summed E-state index contributed by atoms with van der Waals surface area (Å²) in [6.45, 7) is -18.6. The van der Waals surface area contributed by atoms with Crippen LogP contribution < -0.4 is 16.0 Å². The van der Waals surface area contributed by atoms with E-state index in [4.69, 9.17) is 71.1 Å². The summed E-state index contributed by atoms with van der Waals surface area (Å²) in [5.74, 6) is -7.16. The molecule has 0 bridgehead atoms. The van der Waals surface area contributed by atoms with Crippen LogP contribution in [0.3, 0.4) is 0 Å². The van der Waals surface area contributed by atoms with Gasteiger partial charge in [0.15, 0.2) is 37.7 Å². The molecule has 710 valence electrons. The van der Waals surface area contributed by atoms with Crippen LogP contribution in [-0.2, 0) is 109 Å². The highest BCUT2D eigenvalue weighted by Crippen LogP contribution is 2.33. The average molecular weight is 1800 g/mol. The molecule has 55 heteroatoms. The number of amides is 4. The van der Waals surface area contributed by atoms with Gasteiger partial charge in [-0.15, -0.1) is 0 Å². The monoisotopic (exact) mass is 1800 g/mol. The number of ether oxygens (including phenoxy) is 15. The standard InChI is InChI=1S/C68H115N7O48/c76-12-31-42(91)48(97)54(103)61(118-31)112-18-67(19-113-62-55(104)49(98)43(92)32(13-77)119-62,20-114-63-56(105)50(99)44(93)33(14-78)120-63)70-38(86)3-5-73(40(88)9-69-37(85)2-1-30-10-72(24-109-27-82)7-8-74(25-110-28-83)60(30)75(11-41(89)90)26-111-29-84)6-4-39(87)71-68(21-115-64-57(106)51(100)45(94)34(15-79)121-64,22-116-65-58(107)52(101)46(95)35(16-80)122-65)23-117-66-59(108)53(102)47(96)36(17-81)123-66/h27-36,42-66,76-81,91-108H,1-26H2,(H,69,85)(H,70,86)(H,71,87)(H,89,90). The molecule has 123 heavy (non-hydrogen) atoms. The van der Waals surface area contributed by atoms with E-state index in [9.17, 15) is 152 Å². The van der Waals surface area contributed by atoms with Gasteiger partial charge in [-0.3, -0.25) is 48.2 Å². The summed E-state index contributed by atoms with van der Waals surface area (Å²) in [5.41, 5.74) is -5.15. The number of nitrogens with zero attached hydrogens (tertiary/aromatic N) is 4. The number of hydrogen-bond acceptors (Lipinski definition) is 50. The van der Waals surface area contributed by atoms with E-state index in [2.05, 4.69) is 16.0 Å². The van der Waals surface area contributed by atoms with Crippen molar-refractivity contribution in [2.45, 2.75) is 227 Å². The van der Waals surface area contributed by atoms with Crippen LogP contribution >= 0.6 is 0 Å². The summed E-state index contributed by atoms with van der Waals surface area (Å²) in [6.07, 6.45) is -65.3. The largest absolute Gasteiger partial charge is 0.480 e. The van der Waals surface area contributed by atoms with Crippen molar-refractivity contribution < 1.29 is 237 Å². The number of nitrogens with one attached hydrogen (secondary N) is 3. The molecular formula is C68H115N7O48. The molecule has 7 fully saturated rings. The Balaban J connectivity index is 1.29. The number of carboxylic acid groups (broad SMARTS) is 1. The zero-order valence-electron chi connectivity index (χ0n) is 66.0. The second-order valence-electron chi connectivity index (χ2n) is 30.3. The van der Waals surface area contributed by atoms with Crippen molar-refractivity contribution in [3.05, 3.63) is 0 Å². The Morgan fingerprint density at radius 1 is 0.390 bits per heavy atom. The fraction of sp³-hybridized carbons (Fsp3) is 0.882. The fourth-order valence-electron chi connectivity index (χ4n) is 14.4. The van der Waals surface area contributed by atoms with Crippen molar-refractivity contribution in [1.29, 1.82) is 0 Å². The lowest BCUT2D eigenvalue weighted by Crippen LogP contribution is -2.65. The number of hydrogen-bond donors (Lipinski definition) is 28. The first-order valence-electron chi connectivity index (χ1n) is 38.7. The van der Waals surface area contributed by atoms with Gasteiger partial charge in [-0.1, -0.05) is 0 Å². The summed E-state index contributed by atoms with van der Waals surface area (Å²) in [4.78, 5) is 111. The second-order valence-corrected chi connectivity index (χ2v) is 30.3. The highest BCUT2D eigenvalue weighted by atomic mass is 16.8. The average Bonchev–Trinajstić information content (AvgIpc) is 1.80. The predicted octanol–water partition coefficient (Wildman–Crippen LogP) is -20.6. The number of carbonyl (C=O) groups excluding carboxylic acids is 7. The molecule has 7 saturated heterocycles. The molecule has 0 aromatic carbocycles. The molecule has 32 atom stereocenters. The summed E-state index contributed by atoms with van der Waals surface area (Å²) in [7, 11) is 0. The molecular weight excluding hydrogens is 1680 g/mol. The Bertz CT molecular complexity index is 2880. The van der Waals surface area contributed by atoms with E-state index < -0.39 is 375 Å². The number of rotatable bonds is 49. The second kappa shape index (κ2) is 49.7. The summed E-state index contributed by atoms with van der Waals surface area (Å²) < 4.78 is 83.7. The molecule has 28 N–H and O–H groups in total. The Morgan fingerprint density at radius 3 is 0.976 bits per heavy atom. The lowest BCUT2D eigenvalue weighted by atomic mass is 9.97. The van der Waals surface area contributed by atoms with Crippen molar-refractivity contribution in [2.24, 2.45) is 5.92 Å². The Kier molecular flexibility index (Phi) is 42.1. The maximum atomic E-state index is 15.1. The van der Waals surface area contributed by atoms with Gasteiger partial charge in [0.2, 0.25) is 23.6 Å². The molecule has 7 aliphatic heterocycles. The van der Waals surface area contributed by atoms with Crippen LogP contribution in [0.15, 0.2) is 0 Å². The first-order valence-corrected chi connectivity index (χ1v) is 38.7. The van der Waals surface area contributed by atoms with E-state index in [0.717, 1.165) is 9.80 Å². The van der Waals surface area contributed by atoms with Gasteiger partial charge in [-0.25, -0.2) is 4.90 Å². The molecule has 7 heterocycles. The van der Waals surface area contributed by atoms with E-state index in [1.807, 2.05) is 0 Å². The van der Waals surface area contributed by atoms with E-state index in [1.165, 1.54) is 4.90 Å². The van der Waals surface area contributed by atoms with Crippen LogP contribution in [0.25, 0.3) is 0 Å². The smallest absolute Gasteiger partial charge is 0.317 e. The molecule has 0 aromatic heterocycles. The zero-order valence-corrected chi connectivity index (χ0v) is 66.0. The third kappa shape index (κ3) is 27.9. The van der Waals surface area contributed by atoms with Crippen LogP contribution in [0.5, 0.6) is 0 Å². The first kappa shape index (κ1) is 104. The van der Waals surface area contributed by atoms with Gasteiger partial charge in [-0.05, 0) is 6.42 Å². The van der Waals surface area contributed by atoms with Crippen molar-refractivity contribution in [3.8, 4) is 0 Å². The molecule has 7 aliphatic rings. The van der Waals surface area contributed by atoms with E-state index >= 15 is 14.4 Å². The maximum Gasteiger partial charge on any atom is 0.317 e. The molecule has 0 saturated carbocycles. The van der Waals surface area contributed by atoms with Crippen molar-refractivity contribution >= 4 is 49.0 Å². The number of carboxylic acids is 1. The van der Waals surface area contributed by atoms with Gasteiger partial charge in [0.05, 0.1) is 92.0 Å². The van der Waals surface area contributed by atoms with Crippen molar-refractivity contribution in [1.82, 2.24) is 35.6 Å². The first-order chi connectivity index (χ1) is 58.4. The fourth-order valence-corrected chi connectivity index (χ4v) is 14.4. The molecule has 7 rings (SSSR count). The Labute approximate surface area is 698 Å². The summed E-state index contributed by atoms with van der Waals surface area (Å²) >= 11 is 0. The quantitative estimate of drug-likeness (QED) is 0.0153. The molecule has 0 spiro atoms. The Hall–Kier alpha value is -5.80. The van der Waals surface area contributed by atoms with Gasteiger partial charge in [-0.2, -0.15) is 0 Å². The number of carbonyl (C=O) groups is 8. The highest BCUT2D eigenvalue weighted by Gasteiger charge is 2.54. The van der Waals surface area contributed by atoms with Gasteiger partial charge < -0.3 is 220 Å². The van der Waals surface area contributed by atoms with Crippen LogP contribution in [0.4, 0.5) is 0 Å². The molecule has 32 unspecified atom stereocenters. The molecule has 0 aliphatic carbocycles. The summed E-state index contributed by atoms with van der Waals surface area (Å²) in [5, 5.41) is 274. The molecule has 55 nitrogen and oxygen atoms in total. The van der Waals surface area contributed by atoms with Gasteiger partial charge >= 0.3 is 5.97 Å². The van der Waals surface area contributed by atoms with Crippen molar-refractivity contribution in [3.63, 3.8) is 0 Å². The summed E-state index contributed by atoms with van der Waals surface area (Å²) in [6, 6.07) is 0. The van der Waals surface area contributed by atoms with Gasteiger partial charge in [0.25, 0.3) is 19.4 Å². The van der Waals surface area contributed by atoms with Crippen molar-refractivity contribution in [2.75, 3.05) is 145 Å². The minimum atomic E-state index is -2.58. The SMILES string of the molecule is O=COCN1CCN(COC=O)C(N(COC=O)CC(=O)O)C(CCC(=O)NCC(=O)N(CCC(=O)NC(COC2OC(CO)C(O)C(O)C2O)(COC2OC(CO)C(O)C(O)C2O)COC2OC(CO)C(O)C(O)C2O)CCC(=O)NC(COC2OC(CO)C(O)C(O)C2O)(COC2OC(CO)C(O)C(O)C2O)COC2OC(CO)C(O)C(O)C2O)C1. The highest BCUT2D eigenvalue weighted by molar-refractivity contribution is 5.86. The maximum absolute atomic E-state index is 15.1. The van der Waals surface area contributed by atoms with E-state index in [0.29, 0.717) is 0 Å². The van der Waals surface area contributed by atoms with Crippen LogP contribution in [-0.4, -0.2) is 543 Å². The zero-order chi connectivity index (χ0) is 90.9. The third-order valence-electron chi connectivity index (χ3n) is 21.4. The van der Waals surface area contributed by atoms with E-state index in [-0.39, 0.29) is 52.2 Å². The van der Waals surface area contributed by atoms with E-state index in [1.54, 1.807) is 4.90 Å². The predicted molar refractivity (Wildman–Crippen MR) is 384 cm³/mol. The minimum Gasteiger partial charge on any atom is -0.480 e. The van der Waals surface area contributed by atoms with Crippen LogP contribution in [0.2, 0.25) is 0 Å². The number of aliphatic hydroxyl groups is 24. The van der Waals surface area contributed by atoms with Crippen LogP contribution in [0.1, 0.15) is 25.7 Å². The molecule has 0 radical (unpaired) electrons. The van der Waals surface area contributed by atoms with Crippen LogP contribution in [0, 0.1) is 5.92 Å². The number of aliphatic carboxylic acids is 1. The number of aliphatic hydroxyl groups excluding tert-OH is 24. The Morgan fingerprint density at radius 2 is 0.691 bits per heavy atom. The molecule has 0 aromatic rings. The van der Waals surface area contributed by atoms with Gasteiger partial charge in [0.1, 0.15) is 184 Å². The molecule has 4 amide bonds. The topological polar surface area (TPSA) is 830 Å². The lowest BCUT2D eigenvalue weighted by Gasteiger charge is -2.44. The van der Waals surface area contributed by atoms with Gasteiger partial charge in [0, 0.05) is 57.9 Å². The third-order valence-corrected chi connectivity index (χ3v) is 21.4.